The van der Waals surface area contributed by atoms with Gasteiger partial charge in [0, 0.05) is 11.8 Å². The third kappa shape index (κ3) is 2.23. The first-order valence-electron chi connectivity index (χ1n) is 6.92. The Kier molecular flexibility index (Phi) is 3.68. The van der Waals surface area contributed by atoms with Gasteiger partial charge in [-0.05, 0) is 6.92 Å². The summed E-state index contributed by atoms with van der Waals surface area (Å²) in [4.78, 5) is 8.10. The van der Waals surface area contributed by atoms with Crippen LogP contribution in [0, 0.1) is 0 Å². The zero-order valence-electron chi connectivity index (χ0n) is 12.4. The van der Waals surface area contributed by atoms with Gasteiger partial charge in [0.1, 0.15) is 35.6 Å². The Labute approximate surface area is 131 Å². The van der Waals surface area contributed by atoms with E-state index in [9.17, 15) is 15.3 Å². The molecule has 0 aromatic carbocycles. The Morgan fingerprint density at radius 2 is 2.26 bits per heavy atom. The van der Waals surface area contributed by atoms with Crippen LogP contribution in [0.5, 0.6) is 0 Å². The number of aliphatic hydroxyl groups excluding tert-OH is 2. The van der Waals surface area contributed by atoms with Crippen LogP contribution in [-0.4, -0.2) is 60.5 Å². The van der Waals surface area contributed by atoms with Gasteiger partial charge in [-0.3, -0.25) is 0 Å². The summed E-state index contributed by atoms with van der Waals surface area (Å²) in [5.74, 6) is 5.43. The van der Waals surface area contributed by atoms with E-state index in [4.69, 9.17) is 16.3 Å². The SMILES string of the molecule is C[C@@]1(O)[C@H](O)[C@@H](CO)O[C@H]1n1cc(/C=N/N)c2c(N)ncnc21. The number of hydrazone groups is 1. The lowest BCUT2D eigenvalue weighted by Gasteiger charge is -2.27. The first kappa shape index (κ1) is 15.6. The number of aromatic nitrogens is 3. The largest absolute Gasteiger partial charge is 0.394 e. The predicted octanol–water partition coefficient (Wildman–Crippen LogP) is -1.69. The maximum absolute atomic E-state index is 10.6. The molecule has 10 nitrogen and oxygen atoms in total. The minimum absolute atomic E-state index is 0.223. The molecule has 0 amide bonds. The van der Waals surface area contributed by atoms with E-state index in [1.54, 1.807) is 6.20 Å². The van der Waals surface area contributed by atoms with Gasteiger partial charge in [-0.2, -0.15) is 5.10 Å². The minimum atomic E-state index is -1.64. The molecule has 124 valence electrons. The molecule has 3 heterocycles. The molecule has 1 aliphatic heterocycles. The smallest absolute Gasteiger partial charge is 0.167 e. The summed E-state index contributed by atoms with van der Waals surface area (Å²) in [5.41, 5.74) is 5.18. The molecule has 10 heteroatoms. The normalized spacial score (nSPS) is 31.4. The first-order valence-corrected chi connectivity index (χ1v) is 6.92. The van der Waals surface area contributed by atoms with Gasteiger partial charge in [-0.15, -0.1) is 0 Å². The van der Waals surface area contributed by atoms with Crippen LogP contribution >= 0.6 is 0 Å². The zero-order valence-corrected chi connectivity index (χ0v) is 12.4. The van der Waals surface area contributed by atoms with Crippen molar-refractivity contribution in [3.05, 3.63) is 18.1 Å². The van der Waals surface area contributed by atoms with Crippen LogP contribution in [-0.2, 0) is 4.74 Å². The average molecular weight is 322 g/mol. The second kappa shape index (κ2) is 5.42. The molecule has 0 radical (unpaired) electrons. The van der Waals surface area contributed by atoms with Crippen molar-refractivity contribution >= 4 is 23.1 Å². The van der Waals surface area contributed by atoms with Crippen LogP contribution in [0.2, 0.25) is 0 Å². The number of nitrogen functional groups attached to an aromatic ring is 1. The summed E-state index contributed by atoms with van der Waals surface area (Å²) in [6, 6.07) is 0. The molecule has 2 aromatic rings. The number of aliphatic hydroxyl groups is 3. The third-order valence-corrected chi connectivity index (χ3v) is 4.07. The fourth-order valence-electron chi connectivity index (χ4n) is 2.88. The standard InChI is InChI=1S/C13H18N6O4/c1-13(22)9(21)7(4-20)23-12(13)19-3-6(2-18-15)8-10(14)16-5-17-11(8)19/h2-3,5,7,9,12,20-22H,4,15H2,1H3,(H2,14,16,17)/b18-2+/t7-,9-,12-,13-/m1/s1. The molecule has 0 unspecified atom stereocenters. The van der Waals surface area contributed by atoms with Gasteiger partial charge in [-0.25, -0.2) is 9.97 Å². The molecule has 2 aromatic heterocycles. The van der Waals surface area contributed by atoms with Gasteiger partial charge in [0.05, 0.1) is 18.2 Å². The van der Waals surface area contributed by atoms with E-state index in [-0.39, 0.29) is 5.82 Å². The van der Waals surface area contributed by atoms with Crippen LogP contribution in [0.15, 0.2) is 17.6 Å². The molecule has 0 aliphatic carbocycles. The Morgan fingerprint density at radius 3 is 2.87 bits per heavy atom. The van der Waals surface area contributed by atoms with Crippen molar-refractivity contribution in [1.29, 1.82) is 0 Å². The van der Waals surface area contributed by atoms with E-state index in [0.29, 0.717) is 16.6 Å². The fourth-order valence-corrected chi connectivity index (χ4v) is 2.88. The molecular weight excluding hydrogens is 304 g/mol. The number of hydrogen-bond donors (Lipinski definition) is 5. The van der Waals surface area contributed by atoms with Gasteiger partial charge >= 0.3 is 0 Å². The molecular formula is C13H18N6O4. The van der Waals surface area contributed by atoms with Gasteiger partial charge in [0.2, 0.25) is 0 Å². The third-order valence-electron chi connectivity index (χ3n) is 4.07. The molecule has 7 N–H and O–H groups in total. The fraction of sp³-hybridized carbons (Fsp3) is 0.462. The summed E-state index contributed by atoms with van der Waals surface area (Å²) in [7, 11) is 0. The molecule has 1 saturated heterocycles. The van der Waals surface area contributed by atoms with Crippen molar-refractivity contribution in [3.63, 3.8) is 0 Å². The summed E-state index contributed by atoms with van der Waals surface area (Å²) in [5, 5.41) is 34.0. The Bertz CT molecular complexity index is 758. The van der Waals surface area contributed by atoms with Crippen molar-refractivity contribution in [3.8, 4) is 0 Å². The number of fused-ring (bicyclic) bond motifs is 1. The molecule has 4 atom stereocenters. The maximum Gasteiger partial charge on any atom is 0.167 e. The molecule has 3 rings (SSSR count). The summed E-state index contributed by atoms with van der Waals surface area (Å²) in [6.07, 6.45) is 1.09. The lowest BCUT2D eigenvalue weighted by molar-refractivity contribution is -0.0948. The molecule has 1 aliphatic rings. The number of ether oxygens (including phenoxy) is 1. The summed E-state index contributed by atoms with van der Waals surface area (Å²) < 4.78 is 7.12. The lowest BCUT2D eigenvalue weighted by Crippen LogP contribution is -2.44. The van der Waals surface area contributed by atoms with Crippen molar-refractivity contribution in [2.45, 2.75) is 31.0 Å². The van der Waals surface area contributed by atoms with E-state index >= 15 is 0 Å². The van der Waals surface area contributed by atoms with Crippen LogP contribution in [0.1, 0.15) is 18.7 Å². The highest BCUT2D eigenvalue weighted by Gasteiger charge is 2.53. The van der Waals surface area contributed by atoms with Crippen LogP contribution in [0.3, 0.4) is 0 Å². The maximum atomic E-state index is 10.6. The molecule has 1 fully saturated rings. The van der Waals surface area contributed by atoms with Crippen molar-refractivity contribution in [2.75, 3.05) is 12.3 Å². The predicted molar refractivity (Wildman–Crippen MR) is 81.3 cm³/mol. The number of nitrogens with two attached hydrogens (primary N) is 2. The van der Waals surface area contributed by atoms with Crippen molar-refractivity contribution in [2.24, 2.45) is 10.9 Å². The number of rotatable bonds is 3. The highest BCUT2D eigenvalue weighted by molar-refractivity contribution is 6.02. The highest BCUT2D eigenvalue weighted by atomic mass is 16.6. The molecule has 0 spiro atoms. The van der Waals surface area contributed by atoms with Gasteiger partial charge in [0.25, 0.3) is 0 Å². The highest BCUT2D eigenvalue weighted by Crippen LogP contribution is 2.40. The Morgan fingerprint density at radius 1 is 1.52 bits per heavy atom. The monoisotopic (exact) mass is 322 g/mol. The summed E-state index contributed by atoms with van der Waals surface area (Å²) >= 11 is 0. The topological polar surface area (TPSA) is 165 Å². The Balaban J connectivity index is 2.19. The second-order valence-electron chi connectivity index (χ2n) is 5.61. The first-order chi connectivity index (χ1) is 10.9. The van der Waals surface area contributed by atoms with E-state index in [1.807, 2.05) is 0 Å². The van der Waals surface area contributed by atoms with Gasteiger partial charge in [0.15, 0.2) is 6.23 Å². The Hall–Kier alpha value is -2.27. The van der Waals surface area contributed by atoms with Crippen LogP contribution in [0.4, 0.5) is 5.82 Å². The van der Waals surface area contributed by atoms with Crippen LogP contribution in [0.25, 0.3) is 11.0 Å². The molecule has 0 bridgehead atoms. The minimum Gasteiger partial charge on any atom is -0.394 e. The number of nitrogens with zero attached hydrogens (tertiary/aromatic N) is 4. The summed E-state index contributed by atoms with van der Waals surface area (Å²) in [6.45, 7) is 0.992. The van der Waals surface area contributed by atoms with E-state index in [0.717, 1.165) is 0 Å². The number of anilines is 1. The van der Waals surface area contributed by atoms with E-state index in [1.165, 1.54) is 24.0 Å². The van der Waals surface area contributed by atoms with Crippen LogP contribution < -0.4 is 11.6 Å². The number of hydrogen-bond acceptors (Lipinski definition) is 9. The quantitative estimate of drug-likeness (QED) is 0.253. The van der Waals surface area contributed by atoms with Crippen molar-refractivity contribution < 1.29 is 20.1 Å². The zero-order chi connectivity index (χ0) is 16.8. The van der Waals surface area contributed by atoms with Gasteiger partial charge in [-0.1, -0.05) is 0 Å². The van der Waals surface area contributed by atoms with E-state index < -0.39 is 30.6 Å². The van der Waals surface area contributed by atoms with E-state index in [2.05, 4.69) is 15.1 Å². The van der Waals surface area contributed by atoms with Crippen molar-refractivity contribution in [1.82, 2.24) is 14.5 Å². The average Bonchev–Trinajstić information content (AvgIpc) is 2.97. The second-order valence-corrected chi connectivity index (χ2v) is 5.61. The molecule has 0 saturated carbocycles. The van der Waals surface area contributed by atoms with Gasteiger partial charge < -0.3 is 36.2 Å². The lowest BCUT2D eigenvalue weighted by atomic mass is 9.96. The molecule has 23 heavy (non-hydrogen) atoms.